The van der Waals surface area contributed by atoms with E-state index in [0.717, 1.165) is 19.0 Å². The molecule has 1 nitrogen and oxygen atoms in total. The topological polar surface area (TPSA) is 12.0 Å². The fourth-order valence-electron chi connectivity index (χ4n) is 3.19. The lowest BCUT2D eigenvalue weighted by molar-refractivity contribution is 0.391. The molecule has 1 aromatic carbocycles. The Hall–Kier alpha value is -0.820. The van der Waals surface area contributed by atoms with E-state index in [-0.39, 0.29) is 0 Å². The third-order valence-electron chi connectivity index (χ3n) is 4.21. The molecule has 0 atom stereocenters. The molecule has 0 radical (unpaired) electrons. The third kappa shape index (κ3) is 3.14. The van der Waals surface area contributed by atoms with Gasteiger partial charge in [0.1, 0.15) is 0 Å². The lowest BCUT2D eigenvalue weighted by atomic mass is 9.78. The molecule has 18 heavy (non-hydrogen) atoms. The molecule has 0 spiro atoms. The minimum atomic E-state index is 0.404. The second kappa shape index (κ2) is 5.88. The van der Waals surface area contributed by atoms with Crippen molar-refractivity contribution in [1.29, 1.82) is 0 Å². The summed E-state index contributed by atoms with van der Waals surface area (Å²) in [5.74, 6) is 0.737. The highest BCUT2D eigenvalue weighted by Crippen LogP contribution is 2.40. The Morgan fingerprint density at radius 1 is 1.22 bits per heavy atom. The van der Waals surface area contributed by atoms with E-state index in [1.165, 1.54) is 31.2 Å². The van der Waals surface area contributed by atoms with Gasteiger partial charge in [-0.2, -0.15) is 0 Å². The van der Waals surface area contributed by atoms with Crippen LogP contribution in [0.1, 0.15) is 50.7 Å². The Morgan fingerprint density at radius 3 is 2.56 bits per heavy atom. The number of hydrogen-bond donors (Lipinski definition) is 1. The summed E-state index contributed by atoms with van der Waals surface area (Å²) in [6, 6.07) is 9.14. The number of nitrogens with one attached hydrogen (secondary N) is 1. The summed E-state index contributed by atoms with van der Waals surface area (Å²) in [5, 5.41) is 3.69. The lowest BCUT2D eigenvalue weighted by Gasteiger charge is -2.31. The molecule has 0 heterocycles. The van der Waals surface area contributed by atoms with Crippen LogP contribution in [0.25, 0.3) is 0 Å². The molecule has 0 amide bonds. The van der Waals surface area contributed by atoms with Gasteiger partial charge in [-0.1, -0.05) is 56.5 Å². The SMILES string of the molecule is Cc1cccc(C2(CNCC(C)C)CCCC2)c1. The molecule has 1 aromatic rings. The van der Waals surface area contributed by atoms with Crippen molar-refractivity contribution >= 4 is 0 Å². The van der Waals surface area contributed by atoms with Crippen molar-refractivity contribution in [2.45, 2.75) is 51.9 Å². The molecule has 0 aromatic heterocycles. The first-order valence-electron chi connectivity index (χ1n) is 7.40. The first-order valence-corrected chi connectivity index (χ1v) is 7.40. The molecule has 1 N–H and O–H groups in total. The Bertz CT molecular complexity index is 375. The van der Waals surface area contributed by atoms with Crippen molar-refractivity contribution in [2.24, 2.45) is 5.92 Å². The minimum Gasteiger partial charge on any atom is -0.316 e. The highest BCUT2D eigenvalue weighted by Gasteiger charge is 2.35. The van der Waals surface area contributed by atoms with E-state index >= 15 is 0 Å². The molecule has 100 valence electrons. The maximum atomic E-state index is 3.69. The molecule has 0 bridgehead atoms. The van der Waals surface area contributed by atoms with Crippen LogP contribution in [-0.2, 0) is 5.41 Å². The maximum Gasteiger partial charge on any atom is 0.00778 e. The molecular weight excluding hydrogens is 218 g/mol. The van der Waals surface area contributed by atoms with Gasteiger partial charge in [-0.05, 0) is 37.8 Å². The van der Waals surface area contributed by atoms with Crippen molar-refractivity contribution in [3.8, 4) is 0 Å². The smallest absolute Gasteiger partial charge is 0.00778 e. The van der Waals surface area contributed by atoms with E-state index in [2.05, 4.69) is 50.4 Å². The van der Waals surface area contributed by atoms with Crippen LogP contribution >= 0.6 is 0 Å². The lowest BCUT2D eigenvalue weighted by Crippen LogP contribution is -2.37. The quantitative estimate of drug-likeness (QED) is 0.825. The Balaban J connectivity index is 2.11. The van der Waals surface area contributed by atoms with Gasteiger partial charge in [-0.15, -0.1) is 0 Å². The summed E-state index contributed by atoms with van der Waals surface area (Å²) in [4.78, 5) is 0. The molecule has 1 aliphatic rings. The second-order valence-electron chi connectivity index (χ2n) is 6.38. The largest absolute Gasteiger partial charge is 0.316 e. The van der Waals surface area contributed by atoms with Gasteiger partial charge in [0.25, 0.3) is 0 Å². The Morgan fingerprint density at radius 2 is 1.94 bits per heavy atom. The zero-order valence-electron chi connectivity index (χ0n) is 12.1. The van der Waals surface area contributed by atoms with Crippen LogP contribution < -0.4 is 5.32 Å². The van der Waals surface area contributed by atoms with Gasteiger partial charge in [0.2, 0.25) is 0 Å². The Labute approximate surface area is 112 Å². The zero-order chi connectivity index (χ0) is 13.0. The molecule has 1 aliphatic carbocycles. The van der Waals surface area contributed by atoms with Crippen LogP contribution in [0.5, 0.6) is 0 Å². The van der Waals surface area contributed by atoms with E-state index in [9.17, 15) is 0 Å². The van der Waals surface area contributed by atoms with Gasteiger partial charge in [0.05, 0.1) is 0 Å². The van der Waals surface area contributed by atoms with Crippen molar-refractivity contribution in [3.05, 3.63) is 35.4 Å². The van der Waals surface area contributed by atoms with Gasteiger partial charge in [-0.3, -0.25) is 0 Å². The van der Waals surface area contributed by atoms with Crippen LogP contribution in [0.15, 0.2) is 24.3 Å². The Kier molecular flexibility index (Phi) is 4.45. The third-order valence-corrected chi connectivity index (χ3v) is 4.21. The number of benzene rings is 1. The zero-order valence-corrected chi connectivity index (χ0v) is 12.1. The summed E-state index contributed by atoms with van der Waals surface area (Å²) >= 11 is 0. The number of aryl methyl sites for hydroxylation is 1. The van der Waals surface area contributed by atoms with Crippen LogP contribution in [-0.4, -0.2) is 13.1 Å². The monoisotopic (exact) mass is 245 g/mol. The highest BCUT2D eigenvalue weighted by molar-refractivity contribution is 5.31. The van der Waals surface area contributed by atoms with E-state index < -0.39 is 0 Å². The maximum absolute atomic E-state index is 3.69. The standard InChI is InChI=1S/C17H27N/c1-14(2)12-18-13-17(9-4-5-10-17)16-8-6-7-15(3)11-16/h6-8,11,14,18H,4-5,9-10,12-13H2,1-3H3. The van der Waals surface area contributed by atoms with Gasteiger partial charge in [0.15, 0.2) is 0 Å². The van der Waals surface area contributed by atoms with Gasteiger partial charge < -0.3 is 5.32 Å². The first-order chi connectivity index (χ1) is 8.62. The first kappa shape index (κ1) is 13.6. The second-order valence-corrected chi connectivity index (χ2v) is 6.38. The molecule has 0 aliphatic heterocycles. The fourth-order valence-corrected chi connectivity index (χ4v) is 3.19. The van der Waals surface area contributed by atoms with Crippen molar-refractivity contribution in [3.63, 3.8) is 0 Å². The van der Waals surface area contributed by atoms with Gasteiger partial charge in [0, 0.05) is 12.0 Å². The average Bonchev–Trinajstić information content (AvgIpc) is 2.78. The summed E-state index contributed by atoms with van der Waals surface area (Å²) in [6.45, 7) is 9.04. The van der Waals surface area contributed by atoms with E-state index in [1.54, 1.807) is 5.56 Å². The van der Waals surface area contributed by atoms with Crippen molar-refractivity contribution in [1.82, 2.24) is 5.32 Å². The average molecular weight is 245 g/mol. The van der Waals surface area contributed by atoms with Crippen LogP contribution in [0, 0.1) is 12.8 Å². The van der Waals surface area contributed by atoms with E-state index in [4.69, 9.17) is 0 Å². The van der Waals surface area contributed by atoms with Crippen molar-refractivity contribution in [2.75, 3.05) is 13.1 Å². The summed E-state index contributed by atoms with van der Waals surface area (Å²) in [6.07, 6.45) is 5.47. The van der Waals surface area contributed by atoms with E-state index in [1.807, 2.05) is 0 Å². The molecule has 1 fully saturated rings. The van der Waals surface area contributed by atoms with Crippen LogP contribution in [0.4, 0.5) is 0 Å². The summed E-state index contributed by atoms with van der Waals surface area (Å²) in [7, 11) is 0. The molecule has 0 unspecified atom stereocenters. The van der Waals surface area contributed by atoms with Gasteiger partial charge in [-0.25, -0.2) is 0 Å². The van der Waals surface area contributed by atoms with Crippen LogP contribution in [0.3, 0.4) is 0 Å². The van der Waals surface area contributed by atoms with Crippen LogP contribution in [0.2, 0.25) is 0 Å². The van der Waals surface area contributed by atoms with Crippen molar-refractivity contribution < 1.29 is 0 Å². The predicted octanol–water partition coefficient (Wildman–Crippen LogP) is 4.05. The summed E-state index contributed by atoms with van der Waals surface area (Å²) in [5.41, 5.74) is 3.35. The fraction of sp³-hybridized carbons (Fsp3) is 0.647. The molecular formula is C17H27N. The highest BCUT2D eigenvalue weighted by atomic mass is 14.9. The van der Waals surface area contributed by atoms with E-state index in [0.29, 0.717) is 5.41 Å². The minimum absolute atomic E-state index is 0.404. The normalized spacial score (nSPS) is 18.4. The molecule has 0 saturated heterocycles. The molecule has 2 rings (SSSR count). The molecule has 1 heteroatoms. The number of hydrogen-bond acceptors (Lipinski definition) is 1. The summed E-state index contributed by atoms with van der Waals surface area (Å²) < 4.78 is 0. The van der Waals surface area contributed by atoms with Gasteiger partial charge >= 0.3 is 0 Å². The number of rotatable bonds is 5. The predicted molar refractivity (Wildman–Crippen MR) is 79.0 cm³/mol. The molecule has 1 saturated carbocycles.